The highest BCUT2D eigenvalue weighted by Crippen LogP contribution is 2.22. The Morgan fingerprint density at radius 3 is 2.39 bits per heavy atom. The third kappa shape index (κ3) is 4.28. The van der Waals surface area contributed by atoms with E-state index in [9.17, 15) is 17.6 Å². The number of nitrogens with one attached hydrogen (secondary N) is 1. The molecule has 122 valence electrons. The lowest BCUT2D eigenvalue weighted by molar-refractivity contribution is 0.0939. The zero-order valence-corrected chi connectivity index (χ0v) is 13.7. The van der Waals surface area contributed by atoms with Crippen LogP contribution >= 0.6 is 11.6 Å². The second kappa shape index (κ2) is 6.66. The van der Waals surface area contributed by atoms with Crippen molar-refractivity contribution in [3.63, 3.8) is 0 Å². The molecule has 0 aliphatic rings. The Kier molecular flexibility index (Phi) is 5.03. The van der Waals surface area contributed by atoms with E-state index in [1.807, 2.05) is 0 Å². The van der Waals surface area contributed by atoms with Gasteiger partial charge in [-0.1, -0.05) is 23.7 Å². The van der Waals surface area contributed by atoms with Crippen molar-refractivity contribution < 1.29 is 17.6 Å². The molecule has 8 heteroatoms. The summed E-state index contributed by atoms with van der Waals surface area (Å²) in [5.74, 6) is -0.869. The minimum atomic E-state index is -4.03. The summed E-state index contributed by atoms with van der Waals surface area (Å²) in [6.07, 6.45) is 0. The van der Waals surface area contributed by atoms with Crippen molar-refractivity contribution in [1.29, 1.82) is 0 Å². The van der Waals surface area contributed by atoms with Crippen molar-refractivity contribution in [2.75, 3.05) is 0 Å². The van der Waals surface area contributed by atoms with Crippen LogP contribution in [-0.4, -0.2) is 14.3 Å². The molecule has 0 heterocycles. The molecule has 0 bridgehead atoms. The lowest BCUT2D eigenvalue weighted by atomic mass is 10.1. The largest absolute Gasteiger partial charge is 0.346 e. The van der Waals surface area contributed by atoms with Gasteiger partial charge in [0.25, 0.3) is 5.91 Å². The van der Waals surface area contributed by atoms with Crippen molar-refractivity contribution in [3.05, 3.63) is 64.4 Å². The fraction of sp³-hybridized carbons (Fsp3) is 0.133. The monoisotopic (exact) mass is 356 g/mol. The Morgan fingerprint density at radius 2 is 1.83 bits per heavy atom. The molecule has 0 fully saturated rings. The van der Waals surface area contributed by atoms with Gasteiger partial charge in [0.15, 0.2) is 0 Å². The molecule has 0 saturated heterocycles. The van der Waals surface area contributed by atoms with Crippen LogP contribution in [0.2, 0.25) is 5.02 Å². The summed E-state index contributed by atoms with van der Waals surface area (Å²) in [7, 11) is -4.03. The van der Waals surface area contributed by atoms with Gasteiger partial charge in [0.05, 0.1) is 11.1 Å². The first-order chi connectivity index (χ1) is 10.7. The van der Waals surface area contributed by atoms with Gasteiger partial charge in [-0.05, 0) is 42.8 Å². The first-order valence-electron chi connectivity index (χ1n) is 6.57. The molecule has 3 N–H and O–H groups in total. The van der Waals surface area contributed by atoms with Gasteiger partial charge in [-0.25, -0.2) is 17.9 Å². The molecule has 0 unspecified atom stereocenters. The van der Waals surface area contributed by atoms with E-state index in [0.717, 1.165) is 6.07 Å². The standard InChI is InChI=1S/C15H14ClFN2O3S/c1-9(10-2-5-12(17)6-3-10)19-15(20)11-4-7-13(16)14(8-11)23(18,21)22/h2-9H,1H3,(H,19,20)(H2,18,21,22)/t9-/m1/s1. The average molecular weight is 357 g/mol. The quantitative estimate of drug-likeness (QED) is 0.882. The maximum Gasteiger partial charge on any atom is 0.251 e. The van der Waals surface area contributed by atoms with E-state index in [1.54, 1.807) is 19.1 Å². The second-order valence-electron chi connectivity index (χ2n) is 4.94. The predicted octanol–water partition coefficient (Wildman–Crippen LogP) is 2.62. The molecule has 1 atom stereocenters. The fourth-order valence-electron chi connectivity index (χ4n) is 1.98. The first-order valence-corrected chi connectivity index (χ1v) is 8.49. The van der Waals surface area contributed by atoms with Crippen LogP contribution in [0.3, 0.4) is 0 Å². The Labute approximate surface area is 138 Å². The molecule has 0 aliphatic carbocycles. The molecule has 0 radical (unpaired) electrons. The summed E-state index contributed by atoms with van der Waals surface area (Å²) in [5, 5.41) is 7.68. The van der Waals surface area contributed by atoms with E-state index in [4.69, 9.17) is 16.7 Å². The lowest BCUT2D eigenvalue weighted by Crippen LogP contribution is -2.27. The lowest BCUT2D eigenvalue weighted by Gasteiger charge is -2.15. The van der Waals surface area contributed by atoms with Crippen molar-refractivity contribution in [1.82, 2.24) is 5.32 Å². The smallest absolute Gasteiger partial charge is 0.251 e. The highest BCUT2D eigenvalue weighted by atomic mass is 35.5. The van der Waals surface area contributed by atoms with Crippen molar-refractivity contribution in [2.24, 2.45) is 5.14 Å². The van der Waals surface area contributed by atoms with Crippen LogP contribution in [0, 0.1) is 5.82 Å². The van der Waals surface area contributed by atoms with Gasteiger partial charge in [0.1, 0.15) is 10.7 Å². The van der Waals surface area contributed by atoms with Gasteiger partial charge >= 0.3 is 0 Å². The van der Waals surface area contributed by atoms with Crippen LogP contribution in [-0.2, 0) is 10.0 Å². The van der Waals surface area contributed by atoms with Crippen molar-refractivity contribution in [3.8, 4) is 0 Å². The van der Waals surface area contributed by atoms with Crippen LogP contribution in [0.4, 0.5) is 4.39 Å². The number of hydrogen-bond donors (Lipinski definition) is 2. The Hall–Kier alpha value is -1.96. The van der Waals surface area contributed by atoms with Gasteiger partial charge in [-0.15, -0.1) is 0 Å². The topological polar surface area (TPSA) is 89.3 Å². The molecular weight excluding hydrogens is 343 g/mol. The number of hydrogen-bond acceptors (Lipinski definition) is 3. The van der Waals surface area contributed by atoms with E-state index < -0.39 is 22.0 Å². The number of rotatable bonds is 4. The SMILES string of the molecule is C[C@@H](NC(=O)c1ccc(Cl)c(S(N)(=O)=O)c1)c1ccc(F)cc1. The van der Waals surface area contributed by atoms with Crippen molar-refractivity contribution in [2.45, 2.75) is 17.9 Å². The number of carbonyl (C=O) groups excluding carboxylic acids is 1. The van der Waals surface area contributed by atoms with Crippen LogP contribution < -0.4 is 10.5 Å². The second-order valence-corrected chi connectivity index (χ2v) is 6.87. The first kappa shape index (κ1) is 17.4. The van der Waals surface area contributed by atoms with E-state index in [1.165, 1.54) is 24.3 Å². The highest BCUT2D eigenvalue weighted by molar-refractivity contribution is 7.89. The van der Waals surface area contributed by atoms with Gasteiger partial charge in [-0.3, -0.25) is 4.79 Å². The Balaban J connectivity index is 2.22. The van der Waals surface area contributed by atoms with Crippen molar-refractivity contribution >= 4 is 27.5 Å². The fourth-order valence-corrected chi connectivity index (χ4v) is 3.05. The summed E-state index contributed by atoms with van der Waals surface area (Å²) in [4.78, 5) is 11.9. The molecule has 0 saturated carbocycles. The summed E-state index contributed by atoms with van der Waals surface area (Å²) < 4.78 is 35.8. The van der Waals surface area contributed by atoms with Gasteiger partial charge in [-0.2, -0.15) is 0 Å². The average Bonchev–Trinajstić information content (AvgIpc) is 2.47. The Morgan fingerprint density at radius 1 is 1.22 bits per heavy atom. The van der Waals surface area contributed by atoms with E-state index in [-0.39, 0.29) is 21.3 Å². The Bertz CT molecular complexity index is 838. The normalized spacial score (nSPS) is 12.7. The van der Waals surface area contributed by atoms with Crippen LogP contribution in [0.5, 0.6) is 0 Å². The molecule has 2 aromatic rings. The van der Waals surface area contributed by atoms with Crippen LogP contribution in [0.15, 0.2) is 47.4 Å². The summed E-state index contributed by atoms with van der Waals surface area (Å²) in [6.45, 7) is 1.72. The van der Waals surface area contributed by atoms with E-state index in [0.29, 0.717) is 5.56 Å². The minimum absolute atomic E-state index is 0.0596. The van der Waals surface area contributed by atoms with Gasteiger partial charge in [0.2, 0.25) is 10.0 Å². The number of sulfonamides is 1. The maximum absolute atomic E-state index is 12.9. The maximum atomic E-state index is 12.9. The molecule has 5 nitrogen and oxygen atoms in total. The van der Waals surface area contributed by atoms with Gasteiger partial charge in [0, 0.05) is 5.56 Å². The summed E-state index contributed by atoms with van der Waals surface area (Å²) in [6, 6.07) is 9.10. The van der Waals surface area contributed by atoms with E-state index >= 15 is 0 Å². The predicted molar refractivity (Wildman–Crippen MR) is 85.1 cm³/mol. The number of halogens is 2. The third-order valence-electron chi connectivity index (χ3n) is 3.22. The van der Waals surface area contributed by atoms with Crippen LogP contribution in [0.25, 0.3) is 0 Å². The highest BCUT2D eigenvalue weighted by Gasteiger charge is 2.17. The number of carbonyl (C=O) groups is 1. The molecule has 1 amide bonds. The zero-order chi connectivity index (χ0) is 17.2. The number of nitrogens with two attached hydrogens (primary N) is 1. The summed E-state index contributed by atoms with van der Waals surface area (Å²) in [5.41, 5.74) is 0.813. The minimum Gasteiger partial charge on any atom is -0.346 e. The molecule has 2 aromatic carbocycles. The van der Waals surface area contributed by atoms with Crippen LogP contribution in [0.1, 0.15) is 28.9 Å². The molecule has 0 aromatic heterocycles. The molecule has 23 heavy (non-hydrogen) atoms. The third-order valence-corrected chi connectivity index (χ3v) is 4.61. The molecular formula is C15H14ClFN2O3S. The zero-order valence-electron chi connectivity index (χ0n) is 12.1. The number of benzene rings is 2. The molecule has 2 rings (SSSR count). The van der Waals surface area contributed by atoms with Gasteiger partial charge < -0.3 is 5.32 Å². The number of amides is 1. The number of primary sulfonamides is 1. The molecule has 0 spiro atoms. The summed E-state index contributed by atoms with van der Waals surface area (Å²) >= 11 is 5.78. The van der Waals surface area contributed by atoms with E-state index in [2.05, 4.69) is 5.32 Å². The molecule has 0 aliphatic heterocycles.